The lowest BCUT2D eigenvalue weighted by molar-refractivity contribution is -0.142. The number of unbranched alkanes of at least 4 members (excludes halogenated alkanes) is 1. The number of nitrogens with one attached hydrogen (secondary N) is 7. The number of allylic oxidation sites excluding steroid dienone is 3. The molecule has 2 saturated heterocycles. The minimum atomic E-state index is -1.90. The molecule has 0 unspecified atom stereocenters. The Morgan fingerprint density at radius 3 is 2.37 bits per heavy atom. The number of amides is 9. The number of epoxide rings is 1. The summed E-state index contributed by atoms with van der Waals surface area (Å²) < 4.78 is 29.7. The second kappa shape index (κ2) is 28.4. The molecule has 0 radical (unpaired) electrons. The first-order valence-electron chi connectivity index (χ1n) is 26.7. The highest BCUT2D eigenvalue weighted by atomic mass is 79.9. The Hall–Kier alpha value is -6.84. The highest BCUT2D eigenvalue weighted by molar-refractivity contribution is 9.10. The first kappa shape index (κ1) is 64.3. The number of benzene rings is 2. The highest BCUT2D eigenvalue weighted by Gasteiger charge is 2.64. The van der Waals surface area contributed by atoms with Gasteiger partial charge in [-0.1, -0.05) is 56.2 Å². The van der Waals surface area contributed by atoms with Gasteiger partial charge in [-0.05, 0) is 116 Å². The number of primary amides is 1. The number of hydrogen-bond donors (Lipinski definition) is 9. The molecule has 2 fully saturated rings. The summed E-state index contributed by atoms with van der Waals surface area (Å²) in [6.45, 7) is 9.68. The van der Waals surface area contributed by atoms with Crippen molar-refractivity contribution in [3.63, 3.8) is 0 Å². The van der Waals surface area contributed by atoms with Crippen molar-refractivity contribution in [2.45, 2.75) is 127 Å². The number of thiocarbonyl (C=S) groups is 1. The summed E-state index contributed by atoms with van der Waals surface area (Å²) in [5, 5.41) is 31.6. The van der Waals surface area contributed by atoms with E-state index in [2.05, 4.69) is 53.1 Å². The van der Waals surface area contributed by atoms with Gasteiger partial charge in [-0.3, -0.25) is 39.5 Å². The molecule has 9 atom stereocenters. The van der Waals surface area contributed by atoms with Crippen molar-refractivity contribution < 1.29 is 67.1 Å². The third-order valence-corrected chi connectivity index (χ3v) is 15.8. The molecular formula is C55H72BrClN10O14S. The summed E-state index contributed by atoms with van der Waals surface area (Å²) in [7, 11) is 4.40. The predicted molar refractivity (Wildman–Crippen MR) is 312 cm³/mol. The lowest BCUT2D eigenvalue weighted by atomic mass is 9.83. The molecule has 4 bridgehead atoms. The molecule has 10 N–H and O–H groups in total. The number of ether oxygens (including phenoxy) is 5. The number of methoxy groups -OCH3 is 2. The second-order valence-electron chi connectivity index (χ2n) is 21.0. The van der Waals surface area contributed by atoms with Gasteiger partial charge < -0.3 is 66.0 Å². The maximum atomic E-state index is 14.4. The van der Waals surface area contributed by atoms with Crippen molar-refractivity contribution in [3.8, 4) is 5.75 Å². The van der Waals surface area contributed by atoms with E-state index in [9.17, 15) is 43.5 Å². The average Bonchev–Trinajstić information content (AvgIpc) is 2.70. The van der Waals surface area contributed by atoms with E-state index in [1.54, 1.807) is 52.0 Å². The van der Waals surface area contributed by atoms with Gasteiger partial charge >= 0.3 is 18.2 Å². The number of carbonyl (C=O) groups is 8. The topological polar surface area (TPSA) is 323 Å². The second-order valence-corrected chi connectivity index (χ2v) is 22.6. The molecule has 4 aliphatic heterocycles. The SMILES string of the molecule is COc1cc2cc(c1Cl)N(C)C(=O)C[C@H](OC(=O)Nc1ccc(NC(=O)[C@H](CCCNC(N)=O)NC(=O)[C@@H](NC(=S)NCCCCN3C(=O)C=CC3=O)C(C)C)c(Br)c1)[C@]1(C)O[C@H]1[C@H](C)[C@@H]1C[C@@](O)(NC(=O)O1)[C@H](OC)/C=C/C=C(\C)C2. The number of urea groups is 1. The Morgan fingerprint density at radius 1 is 1.00 bits per heavy atom. The Balaban J connectivity index is 1.16. The van der Waals surface area contributed by atoms with E-state index in [0.717, 1.165) is 16.0 Å². The fourth-order valence-corrected chi connectivity index (χ4v) is 10.8. The van der Waals surface area contributed by atoms with E-state index in [-0.39, 0.29) is 71.6 Å². The van der Waals surface area contributed by atoms with Gasteiger partial charge in [-0.15, -0.1) is 0 Å². The van der Waals surface area contributed by atoms with Gasteiger partial charge in [0, 0.05) is 68.4 Å². The van der Waals surface area contributed by atoms with E-state index in [1.165, 1.54) is 56.5 Å². The number of carbonyl (C=O) groups excluding carboxylic acids is 8. The number of halogens is 2. The molecule has 4 heterocycles. The largest absolute Gasteiger partial charge is 0.495 e. The lowest BCUT2D eigenvalue weighted by Gasteiger charge is -2.42. The van der Waals surface area contributed by atoms with Gasteiger partial charge in [-0.2, -0.15) is 0 Å². The van der Waals surface area contributed by atoms with Crippen LogP contribution in [0.2, 0.25) is 5.02 Å². The molecule has 9 amide bonds. The van der Waals surface area contributed by atoms with E-state index >= 15 is 0 Å². The first-order valence-corrected chi connectivity index (χ1v) is 28.2. The van der Waals surface area contributed by atoms with Crippen LogP contribution in [0.15, 0.2) is 70.8 Å². The number of nitrogens with two attached hydrogens (primary N) is 1. The van der Waals surface area contributed by atoms with Crippen LogP contribution in [0.25, 0.3) is 0 Å². The van der Waals surface area contributed by atoms with Crippen LogP contribution >= 0.6 is 39.7 Å². The van der Waals surface area contributed by atoms with Crippen molar-refractivity contribution in [1.82, 2.24) is 31.5 Å². The first-order chi connectivity index (χ1) is 38.8. The van der Waals surface area contributed by atoms with Crippen LogP contribution in [0.5, 0.6) is 5.75 Å². The van der Waals surface area contributed by atoms with E-state index < -0.39 is 96.1 Å². The van der Waals surface area contributed by atoms with Crippen LogP contribution in [0.4, 0.5) is 31.4 Å². The standard InChI is InChI=1S/C55H72BrClN10O14S/c1-29(2)46(64-51(82)60-20-9-10-22-67-42(68)18-19-43(67)69)49(72)63-36(14-12-21-59-50(58)73)48(71)62-35-17-16-33(26-34(35)56)61-52(74)80-41-27-44(70)66(6)37-24-32(25-38(77-7)45(37)57)23-30(3)13-11-15-40(78-8)55(76)28-39(79-53(75)65-55)31(4)47-54(41,5)81-47/h11,13,15-19,24-26,29,31,36,39-41,46-47,76H,9-10,12,14,20-23,27-28H2,1-8H3,(H,61,74)(H,62,71)(H,63,72)(H,65,75)(H3,58,59,73)(H2,60,64,82)/b15-11+,30-13+/t31-,36+,39+,40-,41+,46+,47+,54+,55+/m1/s1. The fourth-order valence-electron chi connectivity index (χ4n) is 9.82. The maximum Gasteiger partial charge on any atom is 0.412 e. The van der Waals surface area contributed by atoms with Crippen LogP contribution in [-0.4, -0.2) is 152 Å². The summed E-state index contributed by atoms with van der Waals surface area (Å²) in [5.74, 6) is -2.98. The Kier molecular flexibility index (Phi) is 22.3. The van der Waals surface area contributed by atoms with Gasteiger partial charge in [-0.25, -0.2) is 14.4 Å². The monoisotopic (exact) mass is 1240 g/mol. The van der Waals surface area contributed by atoms with Crippen LogP contribution in [0.1, 0.15) is 78.7 Å². The number of rotatable bonds is 19. The minimum Gasteiger partial charge on any atom is -0.495 e. The zero-order chi connectivity index (χ0) is 60.2. The molecule has 0 saturated carbocycles. The zero-order valence-electron chi connectivity index (χ0n) is 46.9. The van der Waals surface area contributed by atoms with Crippen molar-refractivity contribution in [2.24, 2.45) is 17.6 Å². The van der Waals surface area contributed by atoms with Crippen LogP contribution < -0.4 is 52.6 Å². The Labute approximate surface area is 494 Å². The molecule has 0 spiro atoms. The Bertz CT molecular complexity index is 2860. The number of fused-ring (bicyclic) bond motifs is 5. The number of anilines is 3. The van der Waals surface area contributed by atoms with E-state index in [1.807, 2.05) is 13.0 Å². The molecule has 4 aliphatic rings. The smallest absolute Gasteiger partial charge is 0.412 e. The van der Waals surface area contributed by atoms with E-state index in [0.29, 0.717) is 41.7 Å². The van der Waals surface area contributed by atoms with Gasteiger partial charge in [0.2, 0.25) is 17.7 Å². The Morgan fingerprint density at radius 2 is 1.71 bits per heavy atom. The normalized spacial score (nSPS) is 25.3. The molecular weight excluding hydrogens is 1170 g/mol. The molecule has 2 aromatic carbocycles. The maximum absolute atomic E-state index is 14.4. The molecule has 82 heavy (non-hydrogen) atoms. The minimum absolute atomic E-state index is 0.0791. The van der Waals surface area contributed by atoms with Crippen molar-refractivity contribution in [2.75, 3.05) is 56.4 Å². The molecule has 27 heteroatoms. The third kappa shape index (κ3) is 16.7. The third-order valence-electron chi connectivity index (χ3n) is 14.5. The summed E-state index contributed by atoms with van der Waals surface area (Å²) in [4.78, 5) is 107. The number of alkyl carbamates (subject to hydrolysis) is 1. The highest BCUT2D eigenvalue weighted by Crippen LogP contribution is 2.49. The lowest BCUT2D eigenvalue weighted by Crippen LogP contribution is -2.63. The van der Waals surface area contributed by atoms with Crippen molar-refractivity contribution in [1.29, 1.82) is 0 Å². The summed E-state index contributed by atoms with van der Waals surface area (Å²) in [6.07, 6.45) is 3.11. The van der Waals surface area contributed by atoms with Crippen LogP contribution in [0, 0.1) is 11.8 Å². The summed E-state index contributed by atoms with van der Waals surface area (Å²) in [5.41, 5.74) is 4.46. The van der Waals surface area contributed by atoms with Gasteiger partial charge in [0.1, 0.15) is 46.8 Å². The average molecular weight is 1240 g/mol. The van der Waals surface area contributed by atoms with E-state index in [4.69, 9.17) is 53.2 Å². The van der Waals surface area contributed by atoms with Gasteiger partial charge in [0.15, 0.2) is 10.8 Å². The van der Waals surface area contributed by atoms with Crippen molar-refractivity contribution in [3.05, 3.63) is 81.3 Å². The van der Waals surface area contributed by atoms with Crippen molar-refractivity contribution >= 4 is 110 Å². The number of aliphatic hydroxyl groups is 1. The van der Waals surface area contributed by atoms with Crippen LogP contribution in [0.3, 0.4) is 0 Å². The number of imide groups is 1. The molecule has 0 aromatic heterocycles. The molecule has 24 nitrogen and oxygen atoms in total. The van der Waals surface area contributed by atoms with Crippen LogP contribution in [-0.2, 0) is 49.3 Å². The molecule has 2 aromatic rings. The molecule has 446 valence electrons. The van der Waals surface area contributed by atoms with Gasteiger partial charge in [0.05, 0.1) is 31.0 Å². The fraction of sp³-hybridized carbons (Fsp3) is 0.509. The molecule has 6 rings (SSSR count). The molecule has 0 aliphatic carbocycles. The predicted octanol–water partition coefficient (Wildman–Crippen LogP) is 5.20. The summed E-state index contributed by atoms with van der Waals surface area (Å²) >= 11 is 15.8. The summed E-state index contributed by atoms with van der Waals surface area (Å²) in [6, 6.07) is 5.23. The quantitative estimate of drug-likeness (QED) is 0.0378. The number of nitrogens with zero attached hydrogens (tertiary/aromatic N) is 2. The van der Waals surface area contributed by atoms with Gasteiger partial charge in [0.25, 0.3) is 11.8 Å². The number of hydrogen-bond acceptors (Lipinski definition) is 15. The zero-order valence-corrected chi connectivity index (χ0v) is 50.0.